The van der Waals surface area contributed by atoms with E-state index in [0.29, 0.717) is 26.3 Å². The van der Waals surface area contributed by atoms with E-state index in [1.165, 1.54) is 11.1 Å². The van der Waals surface area contributed by atoms with E-state index >= 15 is 0 Å². The first-order valence-electron chi connectivity index (χ1n) is 8.22. The monoisotopic (exact) mass is 325 g/mol. The first-order valence-corrected chi connectivity index (χ1v) is 8.22. The molecular formula is C20H23NO3. The van der Waals surface area contributed by atoms with Gasteiger partial charge in [0.15, 0.2) is 5.79 Å². The van der Waals surface area contributed by atoms with Crippen LogP contribution in [-0.4, -0.2) is 36.9 Å². The van der Waals surface area contributed by atoms with Gasteiger partial charge < -0.3 is 14.4 Å². The van der Waals surface area contributed by atoms with E-state index < -0.39 is 5.79 Å². The van der Waals surface area contributed by atoms with Crippen molar-refractivity contribution in [1.82, 2.24) is 4.90 Å². The Bertz CT molecular complexity index is 708. The molecule has 2 aromatic rings. The number of hydrogen-bond donors (Lipinski definition) is 0. The molecule has 4 heteroatoms. The van der Waals surface area contributed by atoms with Gasteiger partial charge in [0.25, 0.3) is 0 Å². The van der Waals surface area contributed by atoms with E-state index in [1.807, 2.05) is 31.2 Å². The van der Waals surface area contributed by atoms with Crippen LogP contribution in [0, 0.1) is 6.92 Å². The number of nitrogens with zero attached hydrogens (tertiary/aromatic N) is 1. The third-order valence-electron chi connectivity index (χ3n) is 4.36. The van der Waals surface area contributed by atoms with Crippen LogP contribution in [0.1, 0.15) is 18.1 Å². The highest BCUT2D eigenvalue weighted by Crippen LogP contribution is 2.28. The molecular weight excluding hydrogens is 302 g/mol. The Kier molecular flexibility index (Phi) is 4.97. The van der Waals surface area contributed by atoms with Gasteiger partial charge >= 0.3 is 0 Å². The summed E-state index contributed by atoms with van der Waals surface area (Å²) < 4.78 is 11.2. The topological polar surface area (TPSA) is 38.8 Å². The van der Waals surface area contributed by atoms with Gasteiger partial charge in [-0.1, -0.05) is 48.5 Å². The number of carbonyl (C=O) groups excluding carboxylic acids is 1. The van der Waals surface area contributed by atoms with Crippen LogP contribution in [0.15, 0.2) is 48.5 Å². The second-order valence-electron chi connectivity index (χ2n) is 6.31. The summed E-state index contributed by atoms with van der Waals surface area (Å²) >= 11 is 0. The summed E-state index contributed by atoms with van der Waals surface area (Å²) in [7, 11) is 0. The molecule has 1 saturated heterocycles. The number of hydrogen-bond acceptors (Lipinski definition) is 3. The lowest BCUT2D eigenvalue weighted by atomic mass is 9.96. The number of benzene rings is 2. The first-order chi connectivity index (χ1) is 11.6. The van der Waals surface area contributed by atoms with Gasteiger partial charge in [0.2, 0.25) is 6.41 Å². The number of ether oxygens (including phenoxy) is 2. The van der Waals surface area contributed by atoms with E-state index in [2.05, 4.69) is 31.2 Å². The maximum atomic E-state index is 11.6. The fourth-order valence-corrected chi connectivity index (χ4v) is 3.16. The summed E-state index contributed by atoms with van der Waals surface area (Å²) in [5.41, 5.74) is 4.68. The highest BCUT2D eigenvalue weighted by molar-refractivity contribution is 5.70. The lowest BCUT2D eigenvalue weighted by Crippen LogP contribution is -2.40. The molecule has 1 aliphatic heterocycles. The molecule has 2 aromatic carbocycles. The van der Waals surface area contributed by atoms with Crippen LogP contribution in [0.2, 0.25) is 0 Å². The third kappa shape index (κ3) is 3.66. The number of aryl methyl sites for hydroxylation is 1. The molecule has 24 heavy (non-hydrogen) atoms. The molecule has 4 nitrogen and oxygen atoms in total. The summed E-state index contributed by atoms with van der Waals surface area (Å²) in [6, 6.07) is 16.5. The molecule has 1 aliphatic rings. The number of rotatable bonds is 6. The zero-order valence-electron chi connectivity index (χ0n) is 14.2. The van der Waals surface area contributed by atoms with Crippen molar-refractivity contribution in [1.29, 1.82) is 0 Å². The van der Waals surface area contributed by atoms with Crippen molar-refractivity contribution in [2.45, 2.75) is 26.2 Å². The van der Waals surface area contributed by atoms with Crippen LogP contribution in [-0.2, 0) is 20.8 Å². The summed E-state index contributed by atoms with van der Waals surface area (Å²) in [6.45, 7) is 6.06. The zero-order chi connectivity index (χ0) is 17.0. The molecule has 1 fully saturated rings. The third-order valence-corrected chi connectivity index (χ3v) is 4.36. The Morgan fingerprint density at radius 1 is 1.04 bits per heavy atom. The van der Waals surface area contributed by atoms with Crippen LogP contribution in [0.5, 0.6) is 0 Å². The van der Waals surface area contributed by atoms with Crippen molar-refractivity contribution in [2.24, 2.45) is 0 Å². The Morgan fingerprint density at radius 3 is 2.33 bits per heavy atom. The summed E-state index contributed by atoms with van der Waals surface area (Å²) in [4.78, 5) is 13.3. The van der Waals surface area contributed by atoms with Crippen LogP contribution < -0.4 is 0 Å². The molecule has 0 saturated carbocycles. The number of amides is 1. The SMILES string of the molecule is Cc1ccccc1-c1ccccc1CN(C=O)CC1(C)OCCO1. The molecule has 0 atom stereocenters. The van der Waals surface area contributed by atoms with Crippen LogP contribution >= 0.6 is 0 Å². The van der Waals surface area contributed by atoms with Gasteiger partial charge in [0.1, 0.15) is 0 Å². The van der Waals surface area contributed by atoms with Gasteiger partial charge in [-0.2, -0.15) is 0 Å². The number of carbonyl (C=O) groups is 1. The first kappa shape index (κ1) is 16.7. The van der Waals surface area contributed by atoms with Crippen molar-refractivity contribution < 1.29 is 14.3 Å². The summed E-state index contributed by atoms with van der Waals surface area (Å²) in [5.74, 6) is -0.710. The molecule has 126 valence electrons. The molecule has 3 rings (SSSR count). The van der Waals surface area contributed by atoms with Crippen molar-refractivity contribution in [3.63, 3.8) is 0 Å². The fraction of sp³-hybridized carbons (Fsp3) is 0.350. The van der Waals surface area contributed by atoms with Gasteiger partial charge in [-0.3, -0.25) is 4.79 Å². The van der Waals surface area contributed by atoms with Crippen molar-refractivity contribution >= 4 is 6.41 Å². The molecule has 0 unspecified atom stereocenters. The van der Waals surface area contributed by atoms with Gasteiger partial charge in [-0.15, -0.1) is 0 Å². The predicted octanol–water partition coefficient (Wildman–Crippen LogP) is 3.38. The standard InChI is InChI=1S/C20H23NO3/c1-16-7-3-5-9-18(16)19-10-6-4-8-17(19)13-21(15-22)14-20(2)23-11-12-24-20/h3-10,15H,11-14H2,1-2H3. The summed E-state index contributed by atoms with van der Waals surface area (Å²) in [6.07, 6.45) is 0.866. The van der Waals surface area contributed by atoms with Crippen LogP contribution in [0.4, 0.5) is 0 Å². The van der Waals surface area contributed by atoms with Crippen molar-refractivity contribution in [3.8, 4) is 11.1 Å². The maximum Gasteiger partial charge on any atom is 0.210 e. The zero-order valence-corrected chi connectivity index (χ0v) is 14.2. The minimum atomic E-state index is -0.710. The van der Waals surface area contributed by atoms with Crippen LogP contribution in [0.25, 0.3) is 11.1 Å². The van der Waals surface area contributed by atoms with Gasteiger partial charge in [-0.05, 0) is 36.1 Å². The average molecular weight is 325 g/mol. The minimum absolute atomic E-state index is 0.415. The highest BCUT2D eigenvalue weighted by Gasteiger charge is 2.33. The fourth-order valence-electron chi connectivity index (χ4n) is 3.16. The largest absolute Gasteiger partial charge is 0.346 e. The Balaban J connectivity index is 1.84. The quantitative estimate of drug-likeness (QED) is 0.764. The van der Waals surface area contributed by atoms with E-state index in [4.69, 9.17) is 9.47 Å². The lowest BCUT2D eigenvalue weighted by molar-refractivity contribution is -0.161. The maximum absolute atomic E-state index is 11.6. The lowest BCUT2D eigenvalue weighted by Gasteiger charge is -2.29. The molecule has 1 amide bonds. The van der Waals surface area contributed by atoms with E-state index in [0.717, 1.165) is 17.5 Å². The molecule has 0 aromatic heterocycles. The van der Waals surface area contributed by atoms with Gasteiger partial charge in [0.05, 0.1) is 19.8 Å². The van der Waals surface area contributed by atoms with Crippen molar-refractivity contribution in [3.05, 3.63) is 59.7 Å². The van der Waals surface area contributed by atoms with E-state index in [-0.39, 0.29) is 0 Å². The molecule has 0 N–H and O–H groups in total. The van der Waals surface area contributed by atoms with Gasteiger partial charge in [0, 0.05) is 6.54 Å². The Morgan fingerprint density at radius 2 is 1.67 bits per heavy atom. The normalized spacial score (nSPS) is 16.1. The minimum Gasteiger partial charge on any atom is -0.346 e. The molecule has 1 heterocycles. The average Bonchev–Trinajstić information content (AvgIpc) is 3.02. The molecule has 0 spiro atoms. The Labute approximate surface area is 143 Å². The Hall–Kier alpha value is -2.17. The smallest absolute Gasteiger partial charge is 0.210 e. The molecule has 0 bridgehead atoms. The second-order valence-corrected chi connectivity index (χ2v) is 6.31. The van der Waals surface area contributed by atoms with Crippen molar-refractivity contribution in [2.75, 3.05) is 19.8 Å². The van der Waals surface area contributed by atoms with Crippen LogP contribution in [0.3, 0.4) is 0 Å². The summed E-state index contributed by atoms with van der Waals surface area (Å²) in [5, 5.41) is 0. The van der Waals surface area contributed by atoms with Gasteiger partial charge in [-0.25, -0.2) is 0 Å². The predicted molar refractivity (Wildman–Crippen MR) is 93.4 cm³/mol. The highest BCUT2D eigenvalue weighted by atomic mass is 16.7. The molecule has 0 aliphatic carbocycles. The van der Waals surface area contributed by atoms with E-state index in [1.54, 1.807) is 4.90 Å². The second kappa shape index (κ2) is 7.16. The van der Waals surface area contributed by atoms with E-state index in [9.17, 15) is 4.79 Å². The molecule has 0 radical (unpaired) electrons.